The highest BCUT2D eigenvalue weighted by atomic mass is 16.2. The quantitative estimate of drug-likeness (QED) is 0.931. The molecule has 3 amide bonds. The Balaban J connectivity index is 1.72. The summed E-state index contributed by atoms with van der Waals surface area (Å²) in [7, 11) is 1.68. The van der Waals surface area contributed by atoms with Crippen molar-refractivity contribution in [2.24, 2.45) is 0 Å². The summed E-state index contributed by atoms with van der Waals surface area (Å²) >= 11 is 0. The van der Waals surface area contributed by atoms with Crippen LogP contribution in [0.25, 0.3) is 0 Å². The molecule has 1 heterocycles. The van der Waals surface area contributed by atoms with Crippen molar-refractivity contribution in [3.05, 3.63) is 59.7 Å². The van der Waals surface area contributed by atoms with Crippen molar-refractivity contribution in [3.8, 4) is 0 Å². The molecule has 1 fully saturated rings. The number of benzene rings is 2. The number of carbonyl (C=O) groups excluding carboxylic acids is 2. The van der Waals surface area contributed by atoms with Gasteiger partial charge in [0.05, 0.1) is 0 Å². The molecule has 0 unspecified atom stereocenters. The second-order valence-electron chi connectivity index (χ2n) is 6.44. The largest absolute Gasteiger partial charge is 0.322 e. The van der Waals surface area contributed by atoms with Crippen LogP contribution >= 0.6 is 0 Å². The molecular weight excluding hydrogens is 314 g/mol. The summed E-state index contributed by atoms with van der Waals surface area (Å²) in [6, 6.07) is 14.7. The Kier molecular flexibility index (Phi) is 4.74. The number of para-hydroxylation sites is 2. The molecule has 5 nitrogen and oxygen atoms in total. The first kappa shape index (κ1) is 17.0. The van der Waals surface area contributed by atoms with Crippen LogP contribution in [0.5, 0.6) is 0 Å². The highest BCUT2D eigenvalue weighted by Crippen LogP contribution is 2.25. The van der Waals surface area contributed by atoms with Crippen LogP contribution in [-0.2, 0) is 4.79 Å². The first-order valence-corrected chi connectivity index (χ1v) is 8.45. The van der Waals surface area contributed by atoms with Crippen molar-refractivity contribution >= 4 is 23.3 Å². The Labute approximate surface area is 148 Å². The Morgan fingerprint density at radius 3 is 2.36 bits per heavy atom. The van der Waals surface area contributed by atoms with Gasteiger partial charge in [0.1, 0.15) is 6.04 Å². The van der Waals surface area contributed by atoms with Crippen molar-refractivity contribution in [2.75, 3.05) is 23.8 Å². The van der Waals surface area contributed by atoms with E-state index in [1.54, 1.807) is 11.9 Å². The minimum Gasteiger partial charge on any atom is -0.315 e. The van der Waals surface area contributed by atoms with E-state index in [1.165, 1.54) is 4.90 Å². The third kappa shape index (κ3) is 3.36. The number of likely N-dealkylation sites (N-methyl/N-ethyl adjacent to an activating group) is 1. The monoisotopic (exact) mass is 337 g/mol. The summed E-state index contributed by atoms with van der Waals surface area (Å²) in [6.07, 6.45) is 0.629. The Morgan fingerprint density at radius 1 is 1.08 bits per heavy atom. The average Bonchev–Trinajstić information content (AvgIpc) is 2.99. The van der Waals surface area contributed by atoms with E-state index in [1.807, 2.05) is 62.4 Å². The normalized spacial score (nSPS) is 16.8. The minimum atomic E-state index is -0.440. The second-order valence-corrected chi connectivity index (χ2v) is 6.44. The van der Waals surface area contributed by atoms with Gasteiger partial charge >= 0.3 is 6.03 Å². The van der Waals surface area contributed by atoms with Crippen LogP contribution in [0.15, 0.2) is 48.5 Å². The number of aryl methyl sites for hydroxylation is 2. The Hall–Kier alpha value is -2.82. The van der Waals surface area contributed by atoms with E-state index in [0.29, 0.717) is 13.0 Å². The van der Waals surface area contributed by atoms with Crippen LogP contribution in [0.3, 0.4) is 0 Å². The van der Waals surface area contributed by atoms with Crippen molar-refractivity contribution in [3.63, 3.8) is 0 Å². The van der Waals surface area contributed by atoms with E-state index < -0.39 is 6.04 Å². The Morgan fingerprint density at radius 2 is 1.72 bits per heavy atom. The van der Waals surface area contributed by atoms with E-state index in [2.05, 4.69) is 5.32 Å². The molecule has 130 valence electrons. The van der Waals surface area contributed by atoms with E-state index in [-0.39, 0.29) is 11.9 Å². The van der Waals surface area contributed by atoms with Crippen LogP contribution in [0.1, 0.15) is 17.5 Å². The van der Waals surface area contributed by atoms with E-state index in [9.17, 15) is 9.59 Å². The molecule has 1 aliphatic rings. The maximum absolute atomic E-state index is 12.7. The first-order chi connectivity index (χ1) is 12.0. The molecule has 5 heteroatoms. The van der Waals surface area contributed by atoms with Gasteiger partial charge < -0.3 is 15.1 Å². The summed E-state index contributed by atoms with van der Waals surface area (Å²) in [4.78, 5) is 28.6. The molecule has 1 atom stereocenters. The lowest BCUT2D eigenvalue weighted by Gasteiger charge is -2.25. The minimum absolute atomic E-state index is 0.0367. The molecule has 2 aromatic carbocycles. The fraction of sp³-hybridized carbons (Fsp3) is 0.300. The van der Waals surface area contributed by atoms with Crippen molar-refractivity contribution < 1.29 is 9.59 Å². The van der Waals surface area contributed by atoms with Gasteiger partial charge in [0.15, 0.2) is 0 Å². The maximum atomic E-state index is 12.7. The fourth-order valence-electron chi connectivity index (χ4n) is 3.24. The Bertz CT molecular complexity index is 769. The highest BCUT2D eigenvalue weighted by Gasteiger charge is 2.37. The molecule has 0 aliphatic carbocycles. The van der Waals surface area contributed by atoms with Crippen LogP contribution in [0.2, 0.25) is 0 Å². The number of urea groups is 1. The number of hydrogen-bond donors (Lipinski definition) is 1. The molecule has 1 N–H and O–H groups in total. The third-order valence-electron chi connectivity index (χ3n) is 4.75. The highest BCUT2D eigenvalue weighted by molar-refractivity contribution is 6.02. The molecule has 0 radical (unpaired) electrons. The summed E-state index contributed by atoms with van der Waals surface area (Å²) in [5, 5.41) is 2.95. The van der Waals surface area contributed by atoms with Gasteiger partial charge in [-0.15, -0.1) is 0 Å². The molecule has 3 rings (SSSR count). The lowest BCUT2D eigenvalue weighted by atomic mass is 10.1. The van der Waals surface area contributed by atoms with Gasteiger partial charge in [-0.3, -0.25) is 4.79 Å². The SMILES string of the molecule is Cc1cccc(C)c1NC(=O)N(C)[C@@H]1CCN(c2ccccc2)C1=O. The average molecular weight is 337 g/mol. The van der Waals surface area contributed by atoms with Crippen molar-refractivity contribution in [1.29, 1.82) is 0 Å². The predicted octanol–water partition coefficient (Wildman–Crippen LogP) is 3.57. The van der Waals surface area contributed by atoms with E-state index in [4.69, 9.17) is 0 Å². The number of anilines is 2. The molecule has 0 spiro atoms. The molecule has 0 bridgehead atoms. The first-order valence-electron chi connectivity index (χ1n) is 8.45. The topological polar surface area (TPSA) is 52.7 Å². The van der Waals surface area contributed by atoms with Gasteiger partial charge in [-0.05, 0) is 43.5 Å². The van der Waals surface area contributed by atoms with Gasteiger partial charge in [0.2, 0.25) is 5.91 Å². The molecule has 1 aliphatic heterocycles. The zero-order valence-electron chi connectivity index (χ0n) is 14.8. The number of nitrogens with zero attached hydrogens (tertiary/aromatic N) is 2. The van der Waals surface area contributed by atoms with Crippen LogP contribution in [0, 0.1) is 13.8 Å². The van der Waals surface area contributed by atoms with Gasteiger partial charge in [-0.2, -0.15) is 0 Å². The number of hydrogen-bond acceptors (Lipinski definition) is 2. The zero-order chi connectivity index (χ0) is 18.0. The van der Waals surface area contributed by atoms with E-state index >= 15 is 0 Å². The molecule has 0 saturated carbocycles. The van der Waals surface area contributed by atoms with Crippen molar-refractivity contribution in [2.45, 2.75) is 26.3 Å². The van der Waals surface area contributed by atoms with Gasteiger partial charge in [0, 0.05) is 25.0 Å². The summed E-state index contributed by atoms with van der Waals surface area (Å²) in [5.74, 6) is -0.0367. The summed E-state index contributed by atoms with van der Waals surface area (Å²) in [6.45, 7) is 4.54. The second kappa shape index (κ2) is 6.97. The lowest BCUT2D eigenvalue weighted by molar-refractivity contribution is -0.120. The van der Waals surface area contributed by atoms with Crippen molar-refractivity contribution in [1.82, 2.24) is 4.90 Å². The number of amides is 3. The third-order valence-corrected chi connectivity index (χ3v) is 4.75. The van der Waals surface area contributed by atoms with Gasteiger partial charge in [-0.1, -0.05) is 36.4 Å². The van der Waals surface area contributed by atoms with Gasteiger partial charge in [0.25, 0.3) is 0 Å². The maximum Gasteiger partial charge on any atom is 0.322 e. The van der Waals surface area contributed by atoms with Gasteiger partial charge in [-0.25, -0.2) is 4.79 Å². The number of carbonyl (C=O) groups is 2. The molecule has 1 saturated heterocycles. The standard InChI is InChI=1S/C20H23N3O2/c1-14-8-7-9-15(2)18(14)21-20(25)22(3)17-12-13-23(19(17)24)16-10-5-4-6-11-16/h4-11,17H,12-13H2,1-3H3,(H,21,25)/t17-/m1/s1. The molecule has 25 heavy (non-hydrogen) atoms. The molecular formula is C20H23N3O2. The van der Waals surface area contributed by atoms with Crippen LogP contribution < -0.4 is 10.2 Å². The smallest absolute Gasteiger partial charge is 0.315 e. The fourth-order valence-corrected chi connectivity index (χ4v) is 3.24. The van der Waals surface area contributed by atoms with Crippen LogP contribution in [-0.4, -0.2) is 36.5 Å². The number of nitrogens with one attached hydrogen (secondary N) is 1. The molecule has 2 aromatic rings. The predicted molar refractivity (Wildman–Crippen MR) is 99.9 cm³/mol. The zero-order valence-corrected chi connectivity index (χ0v) is 14.8. The van der Waals surface area contributed by atoms with E-state index in [0.717, 1.165) is 22.5 Å². The molecule has 0 aromatic heterocycles. The summed E-state index contributed by atoms with van der Waals surface area (Å²) < 4.78 is 0. The van der Waals surface area contributed by atoms with Crippen LogP contribution in [0.4, 0.5) is 16.2 Å². The lowest BCUT2D eigenvalue weighted by Crippen LogP contribution is -2.45. The summed E-state index contributed by atoms with van der Waals surface area (Å²) in [5.41, 5.74) is 3.69. The number of rotatable bonds is 3.